The van der Waals surface area contributed by atoms with Crippen molar-refractivity contribution in [3.05, 3.63) is 21.4 Å². The van der Waals surface area contributed by atoms with Crippen molar-refractivity contribution in [1.82, 2.24) is 0 Å². The fraction of sp³-hybridized carbons (Fsp3) is 0.600. The molecule has 0 saturated heterocycles. The molecule has 0 saturated carbocycles. The van der Waals surface area contributed by atoms with Gasteiger partial charge in [-0.1, -0.05) is 6.92 Å². The minimum Gasteiger partial charge on any atom is -0.323 e. The Labute approximate surface area is 77.6 Å². The monoisotopic (exact) mass is 181 g/mol. The van der Waals surface area contributed by atoms with E-state index in [2.05, 4.69) is 13.0 Å². The van der Waals surface area contributed by atoms with Crippen LogP contribution in [0.4, 0.5) is 0 Å². The van der Waals surface area contributed by atoms with Crippen molar-refractivity contribution in [3.8, 4) is 0 Å². The third kappa shape index (κ3) is 1.29. The summed E-state index contributed by atoms with van der Waals surface area (Å²) in [7, 11) is 0. The van der Waals surface area contributed by atoms with E-state index < -0.39 is 0 Å². The highest BCUT2D eigenvalue weighted by atomic mass is 32.1. The predicted molar refractivity (Wildman–Crippen MR) is 53.6 cm³/mol. The molecule has 2 rings (SSSR count). The van der Waals surface area contributed by atoms with Crippen LogP contribution in [0.25, 0.3) is 0 Å². The summed E-state index contributed by atoms with van der Waals surface area (Å²) in [6.07, 6.45) is 4.86. The molecule has 0 spiro atoms. The molecule has 0 aromatic carbocycles. The highest BCUT2D eigenvalue weighted by Crippen LogP contribution is 2.34. The second-order valence-electron chi connectivity index (χ2n) is 3.45. The van der Waals surface area contributed by atoms with Crippen molar-refractivity contribution >= 4 is 11.3 Å². The van der Waals surface area contributed by atoms with Crippen molar-refractivity contribution in [2.75, 3.05) is 0 Å². The lowest BCUT2D eigenvalue weighted by atomic mass is 9.95. The van der Waals surface area contributed by atoms with Crippen LogP contribution in [-0.2, 0) is 12.8 Å². The first kappa shape index (κ1) is 8.27. The molecule has 1 heterocycles. The molecular formula is C10H15NS. The van der Waals surface area contributed by atoms with Gasteiger partial charge in [0.25, 0.3) is 0 Å². The molecule has 0 aliphatic heterocycles. The molecule has 1 aliphatic carbocycles. The lowest BCUT2D eigenvalue weighted by Crippen LogP contribution is -2.14. The zero-order chi connectivity index (χ0) is 8.55. The van der Waals surface area contributed by atoms with Crippen LogP contribution >= 0.6 is 11.3 Å². The summed E-state index contributed by atoms with van der Waals surface area (Å²) in [5.74, 6) is 0. The van der Waals surface area contributed by atoms with Gasteiger partial charge in [-0.2, -0.15) is 0 Å². The first-order valence-corrected chi connectivity index (χ1v) is 5.50. The Morgan fingerprint density at radius 1 is 1.67 bits per heavy atom. The molecule has 0 amide bonds. The van der Waals surface area contributed by atoms with Crippen LogP contribution in [0.3, 0.4) is 0 Å². The van der Waals surface area contributed by atoms with Crippen LogP contribution < -0.4 is 5.73 Å². The maximum atomic E-state index is 6.02. The second kappa shape index (κ2) is 3.19. The van der Waals surface area contributed by atoms with Crippen molar-refractivity contribution in [3.63, 3.8) is 0 Å². The van der Waals surface area contributed by atoms with Crippen LogP contribution in [0.15, 0.2) is 6.07 Å². The molecule has 1 aromatic heterocycles. The van der Waals surface area contributed by atoms with Gasteiger partial charge in [0.15, 0.2) is 0 Å². The van der Waals surface area contributed by atoms with E-state index in [-0.39, 0.29) is 0 Å². The van der Waals surface area contributed by atoms with Crippen LogP contribution in [0.2, 0.25) is 0 Å². The van der Waals surface area contributed by atoms with Gasteiger partial charge in [0.05, 0.1) is 0 Å². The van der Waals surface area contributed by atoms with E-state index in [1.165, 1.54) is 34.6 Å². The predicted octanol–water partition coefficient (Wildman–Crippen LogP) is 2.65. The van der Waals surface area contributed by atoms with E-state index >= 15 is 0 Å². The molecule has 1 unspecified atom stereocenters. The van der Waals surface area contributed by atoms with Gasteiger partial charge in [0.1, 0.15) is 0 Å². The van der Waals surface area contributed by atoms with E-state index in [9.17, 15) is 0 Å². The smallest absolute Gasteiger partial charge is 0.0392 e. The Balaban J connectivity index is 2.37. The summed E-state index contributed by atoms with van der Waals surface area (Å²) in [5.41, 5.74) is 7.55. The van der Waals surface area contributed by atoms with Crippen molar-refractivity contribution in [1.29, 1.82) is 0 Å². The maximum absolute atomic E-state index is 6.02. The molecule has 1 aliphatic rings. The lowest BCUT2D eigenvalue weighted by molar-refractivity contribution is 0.582. The first-order chi connectivity index (χ1) is 5.81. The SMILES string of the molecule is CCc1cc2c(s1)C(N)CCC2. The Hall–Kier alpha value is -0.340. The summed E-state index contributed by atoms with van der Waals surface area (Å²) >= 11 is 1.92. The zero-order valence-corrected chi connectivity index (χ0v) is 8.29. The molecule has 2 heteroatoms. The zero-order valence-electron chi connectivity index (χ0n) is 7.47. The second-order valence-corrected chi connectivity index (χ2v) is 4.62. The molecule has 2 N–H and O–H groups in total. The Bertz CT molecular complexity index is 277. The number of thiophene rings is 1. The molecule has 0 bridgehead atoms. The van der Waals surface area contributed by atoms with E-state index in [4.69, 9.17) is 5.73 Å². The van der Waals surface area contributed by atoms with Crippen molar-refractivity contribution in [2.24, 2.45) is 5.73 Å². The van der Waals surface area contributed by atoms with E-state index in [0.717, 1.165) is 6.42 Å². The largest absolute Gasteiger partial charge is 0.323 e. The number of hydrogen-bond donors (Lipinski definition) is 1. The van der Waals surface area contributed by atoms with Crippen LogP contribution in [0.5, 0.6) is 0 Å². The van der Waals surface area contributed by atoms with Crippen LogP contribution in [0.1, 0.15) is 41.1 Å². The van der Waals surface area contributed by atoms with Gasteiger partial charge in [-0.05, 0) is 37.3 Å². The molecule has 12 heavy (non-hydrogen) atoms. The Morgan fingerprint density at radius 2 is 2.50 bits per heavy atom. The average molecular weight is 181 g/mol. The highest BCUT2D eigenvalue weighted by molar-refractivity contribution is 7.12. The highest BCUT2D eigenvalue weighted by Gasteiger charge is 2.19. The van der Waals surface area contributed by atoms with Crippen LogP contribution in [-0.4, -0.2) is 0 Å². The molecular weight excluding hydrogens is 166 g/mol. The summed E-state index contributed by atoms with van der Waals surface area (Å²) in [4.78, 5) is 2.95. The van der Waals surface area contributed by atoms with Crippen molar-refractivity contribution < 1.29 is 0 Å². The maximum Gasteiger partial charge on any atom is 0.0392 e. The number of fused-ring (bicyclic) bond motifs is 1. The van der Waals surface area contributed by atoms with E-state index in [1.807, 2.05) is 11.3 Å². The lowest BCUT2D eigenvalue weighted by Gasteiger charge is -2.17. The molecule has 1 aromatic rings. The number of hydrogen-bond acceptors (Lipinski definition) is 2. The molecule has 0 radical (unpaired) electrons. The van der Waals surface area contributed by atoms with Crippen LogP contribution in [0, 0.1) is 0 Å². The molecule has 1 atom stereocenters. The molecule has 66 valence electrons. The Kier molecular flexibility index (Phi) is 2.20. The summed E-state index contributed by atoms with van der Waals surface area (Å²) in [6, 6.07) is 2.68. The van der Waals surface area contributed by atoms with E-state index in [0.29, 0.717) is 6.04 Å². The molecule has 1 nitrogen and oxygen atoms in total. The number of rotatable bonds is 1. The van der Waals surface area contributed by atoms with E-state index in [1.54, 1.807) is 0 Å². The van der Waals surface area contributed by atoms with Gasteiger partial charge in [-0.15, -0.1) is 11.3 Å². The van der Waals surface area contributed by atoms with Gasteiger partial charge in [-0.25, -0.2) is 0 Å². The summed E-state index contributed by atoms with van der Waals surface area (Å²) in [6.45, 7) is 2.21. The molecule has 0 fully saturated rings. The normalized spacial score (nSPS) is 22.3. The average Bonchev–Trinajstić information content (AvgIpc) is 2.49. The van der Waals surface area contributed by atoms with Gasteiger partial charge in [0.2, 0.25) is 0 Å². The number of aryl methyl sites for hydroxylation is 2. The Morgan fingerprint density at radius 3 is 3.17 bits per heavy atom. The van der Waals surface area contributed by atoms with Gasteiger partial charge >= 0.3 is 0 Å². The van der Waals surface area contributed by atoms with Gasteiger partial charge in [-0.3, -0.25) is 0 Å². The van der Waals surface area contributed by atoms with Gasteiger partial charge in [0, 0.05) is 15.8 Å². The quantitative estimate of drug-likeness (QED) is 0.708. The minimum atomic E-state index is 0.332. The third-order valence-electron chi connectivity index (χ3n) is 2.54. The van der Waals surface area contributed by atoms with Gasteiger partial charge < -0.3 is 5.73 Å². The topological polar surface area (TPSA) is 26.0 Å². The number of nitrogens with two attached hydrogens (primary N) is 1. The summed E-state index contributed by atoms with van der Waals surface area (Å²) < 4.78 is 0. The minimum absolute atomic E-state index is 0.332. The fourth-order valence-electron chi connectivity index (χ4n) is 1.83. The standard InChI is InChI=1S/C10H15NS/c1-2-8-6-7-4-3-5-9(11)10(7)12-8/h6,9H,2-5,11H2,1H3. The third-order valence-corrected chi connectivity index (χ3v) is 3.99. The van der Waals surface area contributed by atoms with Crippen molar-refractivity contribution in [2.45, 2.75) is 38.6 Å². The first-order valence-electron chi connectivity index (χ1n) is 4.68. The summed E-state index contributed by atoms with van der Waals surface area (Å²) in [5, 5.41) is 0. The fourth-order valence-corrected chi connectivity index (χ4v) is 3.02.